The largest absolute Gasteiger partial charge is 0.493 e. The lowest BCUT2D eigenvalue weighted by Crippen LogP contribution is -2.49. The summed E-state index contributed by atoms with van der Waals surface area (Å²) in [6, 6.07) is 3.09. The third-order valence-corrected chi connectivity index (χ3v) is 7.94. The van der Waals surface area contributed by atoms with Crippen molar-refractivity contribution in [1.29, 1.82) is 0 Å². The smallest absolute Gasteiger partial charge is 0.416 e. The van der Waals surface area contributed by atoms with Gasteiger partial charge in [0.1, 0.15) is 29.4 Å². The fraction of sp³-hybridized carbons (Fsp3) is 0.517. The van der Waals surface area contributed by atoms with Crippen LogP contribution in [0.4, 0.5) is 13.2 Å². The Balaban J connectivity index is 1.41. The number of amides is 2. The number of aliphatic hydroxyl groups excluding tert-OH is 1. The van der Waals surface area contributed by atoms with Gasteiger partial charge in [-0.2, -0.15) is 13.2 Å². The number of carbonyl (C=O) groups excluding carboxylic acids is 2. The van der Waals surface area contributed by atoms with Crippen molar-refractivity contribution in [2.24, 2.45) is 11.8 Å². The van der Waals surface area contributed by atoms with Crippen LogP contribution < -0.4 is 15.4 Å². The van der Waals surface area contributed by atoms with Crippen molar-refractivity contribution in [3.63, 3.8) is 0 Å². The molecule has 2 fully saturated rings. The van der Waals surface area contributed by atoms with Crippen LogP contribution in [-0.2, 0) is 11.0 Å². The van der Waals surface area contributed by atoms with Crippen molar-refractivity contribution < 1.29 is 32.6 Å². The molecule has 9 nitrogen and oxygen atoms in total. The van der Waals surface area contributed by atoms with Gasteiger partial charge in [0.2, 0.25) is 5.91 Å². The highest BCUT2D eigenvalue weighted by Crippen LogP contribution is 2.40. The minimum atomic E-state index is -4.55. The zero-order valence-corrected chi connectivity index (χ0v) is 23.1. The maximum absolute atomic E-state index is 13.6. The van der Waals surface area contributed by atoms with Crippen molar-refractivity contribution in [2.75, 3.05) is 6.61 Å². The Morgan fingerprint density at radius 3 is 2.59 bits per heavy atom. The molecule has 3 unspecified atom stereocenters. The fourth-order valence-electron chi connectivity index (χ4n) is 5.42. The molecule has 2 saturated carbocycles. The quantitative estimate of drug-likeness (QED) is 0.314. The third kappa shape index (κ3) is 6.32. The second-order valence-electron chi connectivity index (χ2n) is 11.3. The van der Waals surface area contributed by atoms with E-state index in [9.17, 15) is 27.9 Å². The molecule has 2 aromatic heterocycles. The van der Waals surface area contributed by atoms with E-state index in [0.29, 0.717) is 54.1 Å². The first-order valence-electron chi connectivity index (χ1n) is 13.9. The van der Waals surface area contributed by atoms with E-state index in [-0.39, 0.29) is 40.9 Å². The second-order valence-corrected chi connectivity index (χ2v) is 11.3. The molecule has 2 aliphatic carbocycles. The lowest BCUT2D eigenvalue weighted by Gasteiger charge is -2.35. The number of aromatic nitrogens is 3. The van der Waals surface area contributed by atoms with Gasteiger partial charge in [0.05, 0.1) is 23.3 Å². The highest BCUT2D eigenvalue weighted by atomic mass is 19.4. The van der Waals surface area contributed by atoms with E-state index in [1.165, 1.54) is 19.3 Å². The van der Waals surface area contributed by atoms with Crippen LogP contribution in [0.3, 0.4) is 0 Å². The molecule has 0 aliphatic heterocycles. The van der Waals surface area contributed by atoms with Gasteiger partial charge in [0.15, 0.2) is 0 Å². The molecule has 220 valence electrons. The number of nitrogens with zero attached hydrogens (tertiary/aromatic N) is 2. The summed E-state index contributed by atoms with van der Waals surface area (Å²) in [6.45, 7) is 5.53. The van der Waals surface area contributed by atoms with Gasteiger partial charge in [-0.25, -0.2) is 9.97 Å². The van der Waals surface area contributed by atoms with E-state index >= 15 is 0 Å². The van der Waals surface area contributed by atoms with Crippen LogP contribution >= 0.6 is 0 Å². The predicted octanol–water partition coefficient (Wildman–Crippen LogP) is 4.52. The Hall–Kier alpha value is -3.67. The fourth-order valence-corrected chi connectivity index (χ4v) is 5.42. The van der Waals surface area contributed by atoms with Gasteiger partial charge in [-0.1, -0.05) is 6.92 Å². The van der Waals surface area contributed by atoms with Gasteiger partial charge >= 0.3 is 6.18 Å². The molecule has 2 amide bonds. The molecule has 1 aromatic carbocycles. The molecule has 0 bridgehead atoms. The van der Waals surface area contributed by atoms with Crippen molar-refractivity contribution >= 4 is 22.8 Å². The molecule has 4 atom stereocenters. The van der Waals surface area contributed by atoms with E-state index in [0.717, 1.165) is 25.0 Å². The van der Waals surface area contributed by atoms with Crippen molar-refractivity contribution in [2.45, 2.75) is 77.2 Å². The molecule has 2 aliphatic rings. The molecule has 0 spiro atoms. The Kier molecular flexibility index (Phi) is 7.95. The molecule has 3 aromatic rings. The number of aromatic amines is 1. The number of nitrogens with one attached hydrogen (secondary N) is 3. The number of benzene rings is 1. The van der Waals surface area contributed by atoms with Crippen LogP contribution in [0, 0.1) is 18.8 Å². The van der Waals surface area contributed by atoms with Crippen LogP contribution in [0.5, 0.6) is 5.75 Å². The molecule has 12 heteroatoms. The summed E-state index contributed by atoms with van der Waals surface area (Å²) in [7, 11) is 0. The Morgan fingerprint density at radius 2 is 1.93 bits per heavy atom. The first-order chi connectivity index (χ1) is 19.4. The molecular formula is C29H34F3N5O4. The molecular weight excluding hydrogens is 539 g/mol. The predicted molar refractivity (Wildman–Crippen MR) is 145 cm³/mol. The number of aliphatic hydroxyl groups is 1. The lowest BCUT2D eigenvalue weighted by molar-refractivity contribution is -0.137. The van der Waals surface area contributed by atoms with Crippen LogP contribution in [0.1, 0.15) is 67.6 Å². The normalized spacial score (nSPS) is 21.9. The number of ether oxygens (including phenoxy) is 1. The molecule has 0 radical (unpaired) electrons. The molecule has 0 saturated heterocycles. The van der Waals surface area contributed by atoms with Crippen LogP contribution in [0.15, 0.2) is 24.5 Å². The standard InChI is InChI=1S/C29H34F3N5O4/c1-14-10-19(36-27(39)16(3)38)7-8-21(14)37-28(40)23-15(2)35-26-24(33-13-34-25(23)26)20-11-18(29(30,31)32)6-9-22(20)41-12-17-4-5-17/h6,9,11,13-14,16-17,19,21,35,38H,4-5,7-8,10,12H2,1-3H3,(H,36,39)(H,37,40)/t14?,16-,19?,21?/m0/s1. The Morgan fingerprint density at radius 1 is 1.17 bits per heavy atom. The first kappa shape index (κ1) is 28.8. The molecule has 2 heterocycles. The minimum absolute atomic E-state index is 0.0546. The van der Waals surface area contributed by atoms with E-state index < -0.39 is 23.8 Å². The van der Waals surface area contributed by atoms with Crippen molar-refractivity contribution in [3.05, 3.63) is 41.3 Å². The summed E-state index contributed by atoms with van der Waals surface area (Å²) in [4.78, 5) is 37.2. The average Bonchev–Trinajstić information content (AvgIpc) is 3.67. The van der Waals surface area contributed by atoms with Gasteiger partial charge in [-0.05, 0) is 76.0 Å². The lowest BCUT2D eigenvalue weighted by atomic mass is 9.82. The Labute approximate surface area is 235 Å². The van der Waals surface area contributed by atoms with Crippen LogP contribution in [-0.4, -0.2) is 56.7 Å². The number of hydrogen-bond acceptors (Lipinski definition) is 6. The second kappa shape index (κ2) is 11.3. The number of H-pyrrole nitrogens is 1. The number of carbonyl (C=O) groups is 2. The first-order valence-corrected chi connectivity index (χ1v) is 13.9. The minimum Gasteiger partial charge on any atom is -0.493 e. The van der Waals surface area contributed by atoms with Gasteiger partial charge in [-0.3, -0.25) is 9.59 Å². The summed E-state index contributed by atoms with van der Waals surface area (Å²) in [5, 5.41) is 15.4. The third-order valence-electron chi connectivity index (χ3n) is 7.94. The van der Waals surface area contributed by atoms with Crippen molar-refractivity contribution in [3.8, 4) is 17.0 Å². The number of aryl methyl sites for hydroxylation is 1. The van der Waals surface area contributed by atoms with E-state index in [4.69, 9.17) is 4.74 Å². The average molecular weight is 574 g/mol. The highest BCUT2D eigenvalue weighted by Gasteiger charge is 2.34. The highest BCUT2D eigenvalue weighted by molar-refractivity contribution is 6.09. The SMILES string of the molecule is Cc1[nH]c2c(-c3cc(C(F)(F)F)ccc3OCC3CC3)ncnc2c1C(=O)NC1CCC(NC(=O)[C@H](C)O)CC1C. The molecule has 4 N–H and O–H groups in total. The van der Waals surface area contributed by atoms with Gasteiger partial charge in [0, 0.05) is 23.3 Å². The molecule has 41 heavy (non-hydrogen) atoms. The van der Waals surface area contributed by atoms with Crippen molar-refractivity contribution in [1.82, 2.24) is 25.6 Å². The number of alkyl halides is 3. The number of fused-ring (bicyclic) bond motifs is 1. The van der Waals surface area contributed by atoms with Crippen LogP contribution in [0.2, 0.25) is 0 Å². The van der Waals surface area contributed by atoms with Gasteiger partial charge in [-0.15, -0.1) is 0 Å². The molecule has 5 rings (SSSR count). The maximum atomic E-state index is 13.6. The zero-order chi connectivity index (χ0) is 29.5. The Bertz CT molecular complexity index is 1450. The van der Waals surface area contributed by atoms with Gasteiger partial charge in [0.25, 0.3) is 5.91 Å². The summed E-state index contributed by atoms with van der Waals surface area (Å²) in [5.41, 5.74) is 1.03. The van der Waals surface area contributed by atoms with Crippen LogP contribution in [0.25, 0.3) is 22.3 Å². The number of halogens is 3. The summed E-state index contributed by atoms with van der Waals surface area (Å²) in [6.07, 6.45) is -0.431. The van der Waals surface area contributed by atoms with E-state index in [1.807, 2.05) is 6.92 Å². The van der Waals surface area contributed by atoms with Gasteiger partial charge < -0.3 is 25.5 Å². The number of rotatable bonds is 8. The van der Waals surface area contributed by atoms with E-state index in [1.54, 1.807) is 6.92 Å². The summed E-state index contributed by atoms with van der Waals surface area (Å²) in [5.74, 6) is -0.0339. The summed E-state index contributed by atoms with van der Waals surface area (Å²) < 4.78 is 46.8. The zero-order valence-electron chi connectivity index (χ0n) is 23.1. The summed E-state index contributed by atoms with van der Waals surface area (Å²) >= 11 is 0. The monoisotopic (exact) mass is 573 g/mol. The van der Waals surface area contributed by atoms with E-state index in [2.05, 4.69) is 25.6 Å². The number of hydrogen-bond donors (Lipinski definition) is 4. The maximum Gasteiger partial charge on any atom is 0.416 e. The topological polar surface area (TPSA) is 129 Å².